The monoisotopic (exact) mass is 388 g/mol. The third kappa shape index (κ3) is 5.43. The molecule has 2 aromatic rings. The molecule has 2 atom stereocenters. The van der Waals surface area contributed by atoms with E-state index in [1.807, 2.05) is 0 Å². The summed E-state index contributed by atoms with van der Waals surface area (Å²) in [4.78, 5) is 23.7. The van der Waals surface area contributed by atoms with Crippen LogP contribution in [0.15, 0.2) is 48.5 Å². The molecule has 2 unspecified atom stereocenters. The number of hydrogen-bond donors (Lipinski definition) is 4. The van der Waals surface area contributed by atoms with Gasteiger partial charge < -0.3 is 26.4 Å². The summed E-state index contributed by atoms with van der Waals surface area (Å²) in [5.74, 6) is 0.959. The van der Waals surface area contributed by atoms with Gasteiger partial charge in [-0.05, 0) is 55.0 Å². The molecule has 142 valence electrons. The van der Waals surface area contributed by atoms with Crippen molar-refractivity contribution in [2.24, 2.45) is 5.73 Å². The number of amides is 2. The van der Waals surface area contributed by atoms with Gasteiger partial charge in [-0.1, -0.05) is 11.6 Å². The third-order valence-corrected chi connectivity index (χ3v) is 4.42. The van der Waals surface area contributed by atoms with Crippen LogP contribution in [0.25, 0.3) is 0 Å². The number of nitrogens with one attached hydrogen (secondary N) is 3. The van der Waals surface area contributed by atoms with Gasteiger partial charge in [-0.25, -0.2) is 0 Å². The Kier molecular flexibility index (Phi) is 6.28. The fourth-order valence-corrected chi connectivity index (χ4v) is 2.93. The van der Waals surface area contributed by atoms with Gasteiger partial charge in [0.15, 0.2) is 0 Å². The molecule has 0 aliphatic carbocycles. The van der Waals surface area contributed by atoms with Crippen LogP contribution in [0.2, 0.25) is 5.02 Å². The molecule has 2 amide bonds. The lowest BCUT2D eigenvalue weighted by atomic mass is 10.1. The van der Waals surface area contributed by atoms with Crippen LogP contribution in [0, 0.1) is 0 Å². The van der Waals surface area contributed by atoms with Crippen molar-refractivity contribution < 1.29 is 14.3 Å². The van der Waals surface area contributed by atoms with Crippen molar-refractivity contribution in [2.75, 3.05) is 18.4 Å². The minimum atomic E-state index is -0.363. The second-order valence-corrected chi connectivity index (χ2v) is 6.67. The zero-order valence-electron chi connectivity index (χ0n) is 14.6. The summed E-state index contributed by atoms with van der Waals surface area (Å²) < 4.78 is 5.72. The van der Waals surface area contributed by atoms with Crippen LogP contribution >= 0.6 is 11.6 Å². The molecule has 0 aromatic heterocycles. The highest BCUT2D eigenvalue weighted by Crippen LogP contribution is 2.24. The zero-order valence-corrected chi connectivity index (χ0v) is 15.3. The van der Waals surface area contributed by atoms with Crippen LogP contribution in [0.3, 0.4) is 0 Å². The Morgan fingerprint density at radius 2 is 1.74 bits per heavy atom. The third-order valence-electron chi connectivity index (χ3n) is 4.17. The number of anilines is 1. The number of carbonyl (C=O) groups excluding carboxylic acids is 2. The van der Waals surface area contributed by atoms with Crippen LogP contribution in [-0.4, -0.2) is 37.0 Å². The van der Waals surface area contributed by atoms with Crippen molar-refractivity contribution >= 4 is 29.1 Å². The molecular formula is C19H21ClN4O3. The van der Waals surface area contributed by atoms with E-state index in [0.29, 0.717) is 35.2 Å². The van der Waals surface area contributed by atoms with Crippen molar-refractivity contribution in [3.8, 4) is 11.5 Å². The Bertz CT molecular complexity index is 796. The van der Waals surface area contributed by atoms with Crippen LogP contribution in [0.1, 0.15) is 6.42 Å². The molecule has 8 heteroatoms. The summed E-state index contributed by atoms with van der Waals surface area (Å²) in [5.41, 5.74) is 5.95. The Balaban J connectivity index is 1.51. The molecule has 27 heavy (non-hydrogen) atoms. The lowest BCUT2D eigenvalue weighted by molar-refractivity contribution is -0.121. The van der Waals surface area contributed by atoms with E-state index in [2.05, 4.69) is 16.0 Å². The van der Waals surface area contributed by atoms with Gasteiger partial charge in [0.2, 0.25) is 11.8 Å². The molecule has 0 bridgehead atoms. The summed E-state index contributed by atoms with van der Waals surface area (Å²) in [6, 6.07) is 13.7. The van der Waals surface area contributed by atoms with Gasteiger partial charge in [-0.15, -0.1) is 0 Å². The van der Waals surface area contributed by atoms with Crippen molar-refractivity contribution in [3.63, 3.8) is 0 Å². The summed E-state index contributed by atoms with van der Waals surface area (Å²) in [7, 11) is 0. The van der Waals surface area contributed by atoms with Gasteiger partial charge in [0.05, 0.1) is 12.6 Å². The first kappa shape index (κ1) is 19.2. The van der Waals surface area contributed by atoms with E-state index >= 15 is 0 Å². The highest BCUT2D eigenvalue weighted by atomic mass is 35.5. The van der Waals surface area contributed by atoms with Crippen molar-refractivity contribution in [1.82, 2.24) is 10.6 Å². The average Bonchev–Trinajstić information content (AvgIpc) is 3.13. The predicted molar refractivity (Wildman–Crippen MR) is 104 cm³/mol. The fourth-order valence-electron chi connectivity index (χ4n) is 2.81. The molecule has 1 heterocycles. The smallest absolute Gasteiger partial charge is 0.241 e. The van der Waals surface area contributed by atoms with E-state index in [4.69, 9.17) is 22.1 Å². The summed E-state index contributed by atoms with van der Waals surface area (Å²) in [6.45, 7) is 0.482. The number of nitrogens with two attached hydrogens (primary N) is 1. The number of halogens is 1. The maximum atomic E-state index is 12.4. The van der Waals surface area contributed by atoms with E-state index in [9.17, 15) is 9.59 Å². The van der Waals surface area contributed by atoms with E-state index in [0.717, 1.165) is 0 Å². The normalized spacial score (nSPS) is 18.7. The molecule has 1 aliphatic heterocycles. The quantitative estimate of drug-likeness (QED) is 0.604. The molecule has 2 aromatic carbocycles. The van der Waals surface area contributed by atoms with Crippen LogP contribution in [0.4, 0.5) is 5.69 Å². The molecule has 5 N–H and O–H groups in total. The van der Waals surface area contributed by atoms with Gasteiger partial charge in [0.25, 0.3) is 0 Å². The summed E-state index contributed by atoms with van der Waals surface area (Å²) in [5, 5.41) is 9.38. The molecule has 1 saturated heterocycles. The average molecular weight is 389 g/mol. The van der Waals surface area contributed by atoms with Gasteiger partial charge in [-0.2, -0.15) is 0 Å². The molecule has 0 spiro atoms. The van der Waals surface area contributed by atoms with Crippen molar-refractivity contribution in [2.45, 2.75) is 18.5 Å². The predicted octanol–water partition coefficient (Wildman–Crippen LogP) is 1.88. The van der Waals surface area contributed by atoms with E-state index in [1.54, 1.807) is 48.5 Å². The van der Waals surface area contributed by atoms with Crippen molar-refractivity contribution in [3.05, 3.63) is 53.6 Å². The molecule has 1 aliphatic rings. The van der Waals surface area contributed by atoms with Gasteiger partial charge in [-0.3, -0.25) is 9.59 Å². The maximum absolute atomic E-state index is 12.4. The number of ether oxygens (including phenoxy) is 1. The minimum Gasteiger partial charge on any atom is -0.457 e. The molecule has 7 nitrogen and oxygen atoms in total. The van der Waals surface area contributed by atoms with E-state index in [1.165, 1.54) is 0 Å². The SMILES string of the molecule is NCC(=O)NC1CNC(C(=O)Nc2ccc(Oc3ccc(Cl)cc3)cc2)C1. The number of benzene rings is 2. The first-order chi connectivity index (χ1) is 13.0. The van der Waals surface area contributed by atoms with E-state index < -0.39 is 0 Å². The second-order valence-electron chi connectivity index (χ2n) is 6.23. The van der Waals surface area contributed by atoms with Gasteiger partial charge in [0.1, 0.15) is 11.5 Å². The van der Waals surface area contributed by atoms with E-state index in [-0.39, 0.29) is 30.4 Å². The number of hydrogen-bond acceptors (Lipinski definition) is 5. The minimum absolute atomic E-state index is 0.0577. The van der Waals surface area contributed by atoms with Gasteiger partial charge in [0, 0.05) is 23.3 Å². The number of rotatable bonds is 6. The lowest BCUT2D eigenvalue weighted by Crippen LogP contribution is -2.39. The Hall–Kier alpha value is -2.61. The topological polar surface area (TPSA) is 105 Å². The Morgan fingerprint density at radius 1 is 1.11 bits per heavy atom. The highest BCUT2D eigenvalue weighted by molar-refractivity contribution is 6.30. The lowest BCUT2D eigenvalue weighted by Gasteiger charge is -2.13. The van der Waals surface area contributed by atoms with Crippen LogP contribution in [0.5, 0.6) is 11.5 Å². The first-order valence-electron chi connectivity index (χ1n) is 8.60. The molecule has 0 radical (unpaired) electrons. The maximum Gasteiger partial charge on any atom is 0.241 e. The molecular weight excluding hydrogens is 368 g/mol. The van der Waals surface area contributed by atoms with Crippen LogP contribution < -0.4 is 26.4 Å². The second kappa shape index (κ2) is 8.85. The summed E-state index contributed by atoms with van der Waals surface area (Å²) >= 11 is 5.85. The first-order valence-corrected chi connectivity index (χ1v) is 8.98. The largest absolute Gasteiger partial charge is 0.457 e. The highest BCUT2D eigenvalue weighted by Gasteiger charge is 2.30. The number of carbonyl (C=O) groups is 2. The zero-order chi connectivity index (χ0) is 19.2. The van der Waals surface area contributed by atoms with Gasteiger partial charge >= 0.3 is 0 Å². The Morgan fingerprint density at radius 3 is 2.37 bits per heavy atom. The standard InChI is InChI=1S/C19H21ClN4O3/c20-12-1-5-15(6-2-12)27-16-7-3-13(4-8-16)24-19(26)17-9-14(11-22-17)23-18(25)10-21/h1-8,14,17,22H,9-11,21H2,(H,23,25)(H,24,26). The fraction of sp³-hybridized carbons (Fsp3) is 0.263. The Labute approximate surface area is 162 Å². The van der Waals surface area contributed by atoms with Crippen LogP contribution in [-0.2, 0) is 9.59 Å². The summed E-state index contributed by atoms with van der Waals surface area (Å²) in [6.07, 6.45) is 0.523. The molecule has 1 fully saturated rings. The molecule has 3 rings (SSSR count). The molecule has 0 saturated carbocycles. The van der Waals surface area contributed by atoms with Crippen molar-refractivity contribution in [1.29, 1.82) is 0 Å².